The van der Waals surface area contributed by atoms with Crippen molar-refractivity contribution >= 4 is 0 Å². The molecule has 0 aliphatic heterocycles. The molecule has 1 N–H and O–H groups in total. The van der Waals surface area contributed by atoms with Gasteiger partial charge in [-0.25, -0.2) is 0 Å². The summed E-state index contributed by atoms with van der Waals surface area (Å²) >= 11 is 0. The molecule has 0 aromatic carbocycles. The van der Waals surface area contributed by atoms with Gasteiger partial charge in [-0.15, -0.1) is 6.58 Å². The molecule has 0 amide bonds. The maximum atomic E-state index is 3.75. The largest absolute Gasteiger partial charge is 0.317 e. The van der Waals surface area contributed by atoms with E-state index < -0.39 is 0 Å². The molecule has 0 radical (unpaired) electrons. The molecule has 0 heterocycles. The molecule has 0 aromatic heterocycles. The van der Waals surface area contributed by atoms with Crippen molar-refractivity contribution < 1.29 is 0 Å². The molecule has 0 bridgehead atoms. The van der Waals surface area contributed by atoms with Gasteiger partial charge in [-0.05, 0) is 38.1 Å². The van der Waals surface area contributed by atoms with Gasteiger partial charge in [0.05, 0.1) is 0 Å². The van der Waals surface area contributed by atoms with Crippen LogP contribution in [0.25, 0.3) is 0 Å². The van der Waals surface area contributed by atoms with Crippen LogP contribution in [-0.2, 0) is 0 Å². The molecular formula is C14H29N. The first kappa shape index (κ1) is 14.7. The summed E-state index contributed by atoms with van der Waals surface area (Å²) in [5, 5.41) is 3.45. The number of rotatable bonds is 9. The first-order valence-electron chi connectivity index (χ1n) is 6.41. The highest BCUT2D eigenvalue weighted by molar-refractivity contribution is 4.74. The Hall–Kier alpha value is -0.300. The van der Waals surface area contributed by atoms with Crippen LogP contribution in [-0.4, -0.2) is 13.1 Å². The summed E-state index contributed by atoms with van der Waals surface area (Å²) in [6, 6.07) is 0.689. The number of hydrogen-bond donors (Lipinski definition) is 1. The van der Waals surface area contributed by atoms with E-state index in [2.05, 4.69) is 39.7 Å². The van der Waals surface area contributed by atoms with E-state index in [-0.39, 0.29) is 0 Å². The predicted molar refractivity (Wildman–Crippen MR) is 70.1 cm³/mol. The molecule has 2 atom stereocenters. The lowest BCUT2D eigenvalue weighted by molar-refractivity contribution is 0.292. The maximum absolute atomic E-state index is 3.75. The molecule has 2 unspecified atom stereocenters. The van der Waals surface area contributed by atoms with Crippen LogP contribution in [0.2, 0.25) is 0 Å². The summed E-state index contributed by atoms with van der Waals surface area (Å²) in [6.45, 7) is 10.7. The van der Waals surface area contributed by atoms with Gasteiger partial charge < -0.3 is 5.32 Å². The Labute approximate surface area is 96.3 Å². The summed E-state index contributed by atoms with van der Waals surface area (Å²) in [4.78, 5) is 0. The Bertz CT molecular complexity index is 151. The Morgan fingerprint density at radius 1 is 1.13 bits per heavy atom. The number of hydrogen-bond acceptors (Lipinski definition) is 1. The van der Waals surface area contributed by atoms with E-state index in [4.69, 9.17) is 0 Å². The molecule has 0 saturated heterocycles. The zero-order valence-electron chi connectivity index (χ0n) is 11.1. The van der Waals surface area contributed by atoms with Crippen molar-refractivity contribution in [2.45, 2.75) is 58.9 Å². The molecule has 1 heteroatoms. The van der Waals surface area contributed by atoms with E-state index in [9.17, 15) is 0 Å². The lowest BCUT2D eigenvalue weighted by atomic mass is 9.87. The Balaban J connectivity index is 3.65. The van der Waals surface area contributed by atoms with Gasteiger partial charge >= 0.3 is 0 Å². The van der Waals surface area contributed by atoms with Crippen LogP contribution in [0.5, 0.6) is 0 Å². The van der Waals surface area contributed by atoms with Crippen LogP contribution in [0.15, 0.2) is 12.7 Å². The van der Waals surface area contributed by atoms with Gasteiger partial charge in [0.25, 0.3) is 0 Å². The Kier molecular flexibility index (Phi) is 8.79. The fraction of sp³-hybridized carbons (Fsp3) is 0.857. The summed E-state index contributed by atoms with van der Waals surface area (Å²) in [6.07, 6.45) is 8.49. The fourth-order valence-electron chi connectivity index (χ4n) is 1.96. The van der Waals surface area contributed by atoms with Crippen molar-refractivity contribution in [1.29, 1.82) is 0 Å². The second-order valence-electron chi connectivity index (χ2n) is 4.92. The second-order valence-corrected chi connectivity index (χ2v) is 4.92. The van der Waals surface area contributed by atoms with E-state index in [1.165, 1.54) is 32.1 Å². The van der Waals surface area contributed by atoms with Gasteiger partial charge in [-0.1, -0.05) is 39.7 Å². The quantitative estimate of drug-likeness (QED) is 0.449. The highest BCUT2D eigenvalue weighted by Crippen LogP contribution is 2.19. The summed E-state index contributed by atoms with van der Waals surface area (Å²) in [7, 11) is 2.09. The monoisotopic (exact) mass is 211 g/mol. The van der Waals surface area contributed by atoms with Crippen LogP contribution in [0.1, 0.15) is 52.9 Å². The summed E-state index contributed by atoms with van der Waals surface area (Å²) in [5.74, 6) is 1.55. The van der Waals surface area contributed by atoms with Crippen molar-refractivity contribution in [2.24, 2.45) is 11.8 Å². The number of unbranched alkanes of at least 4 members (excludes halogenated alkanes) is 3. The van der Waals surface area contributed by atoms with Crippen molar-refractivity contribution in [1.82, 2.24) is 5.32 Å². The van der Waals surface area contributed by atoms with Crippen molar-refractivity contribution in [2.75, 3.05) is 7.05 Å². The van der Waals surface area contributed by atoms with Crippen LogP contribution in [0, 0.1) is 11.8 Å². The third-order valence-corrected chi connectivity index (χ3v) is 3.48. The van der Waals surface area contributed by atoms with Gasteiger partial charge in [-0.2, -0.15) is 0 Å². The minimum absolute atomic E-state index is 0.689. The lowest BCUT2D eigenvalue weighted by Gasteiger charge is -2.26. The van der Waals surface area contributed by atoms with Crippen LogP contribution < -0.4 is 5.32 Å². The Morgan fingerprint density at radius 2 is 1.80 bits per heavy atom. The molecule has 0 saturated carbocycles. The van der Waals surface area contributed by atoms with Gasteiger partial charge in [0, 0.05) is 6.04 Å². The first-order valence-corrected chi connectivity index (χ1v) is 6.41. The van der Waals surface area contributed by atoms with Gasteiger partial charge in [0.15, 0.2) is 0 Å². The molecule has 15 heavy (non-hydrogen) atoms. The van der Waals surface area contributed by atoms with E-state index in [0.717, 1.165) is 11.8 Å². The smallest absolute Gasteiger partial charge is 0.00921 e. The van der Waals surface area contributed by atoms with Crippen LogP contribution in [0.4, 0.5) is 0 Å². The van der Waals surface area contributed by atoms with Gasteiger partial charge in [0.2, 0.25) is 0 Å². The van der Waals surface area contributed by atoms with Crippen molar-refractivity contribution in [3.63, 3.8) is 0 Å². The van der Waals surface area contributed by atoms with Crippen molar-refractivity contribution in [3.8, 4) is 0 Å². The minimum Gasteiger partial charge on any atom is -0.317 e. The zero-order chi connectivity index (χ0) is 11.7. The second kappa shape index (κ2) is 8.96. The third kappa shape index (κ3) is 6.72. The highest BCUT2D eigenvalue weighted by Gasteiger charge is 2.17. The molecule has 90 valence electrons. The minimum atomic E-state index is 0.689. The van der Waals surface area contributed by atoms with E-state index >= 15 is 0 Å². The van der Waals surface area contributed by atoms with Gasteiger partial charge in [-0.3, -0.25) is 0 Å². The van der Waals surface area contributed by atoms with E-state index in [0.29, 0.717) is 6.04 Å². The first-order chi connectivity index (χ1) is 7.13. The van der Waals surface area contributed by atoms with Crippen LogP contribution in [0.3, 0.4) is 0 Å². The molecule has 0 aromatic rings. The molecule has 0 rings (SSSR count). The SMILES string of the molecule is C=CCCCCCC(NC)C(C)C(C)C. The number of nitrogens with one attached hydrogen (secondary N) is 1. The topological polar surface area (TPSA) is 12.0 Å². The molecule has 0 aliphatic carbocycles. The normalized spacial score (nSPS) is 15.3. The molecular weight excluding hydrogens is 182 g/mol. The summed E-state index contributed by atoms with van der Waals surface area (Å²) < 4.78 is 0. The van der Waals surface area contributed by atoms with E-state index in [1.807, 2.05) is 6.08 Å². The average molecular weight is 211 g/mol. The molecule has 0 aliphatic rings. The average Bonchev–Trinajstić information content (AvgIpc) is 2.22. The zero-order valence-corrected chi connectivity index (χ0v) is 11.1. The summed E-state index contributed by atoms with van der Waals surface area (Å²) in [5.41, 5.74) is 0. The maximum Gasteiger partial charge on any atom is 0.00921 e. The van der Waals surface area contributed by atoms with Crippen LogP contribution >= 0.6 is 0 Å². The molecule has 0 spiro atoms. The third-order valence-electron chi connectivity index (χ3n) is 3.48. The van der Waals surface area contributed by atoms with E-state index in [1.54, 1.807) is 0 Å². The lowest BCUT2D eigenvalue weighted by Crippen LogP contribution is -2.34. The standard InChI is InChI=1S/C14H29N/c1-6-7-8-9-10-11-14(15-5)13(4)12(2)3/h6,12-15H,1,7-11H2,2-5H3. The fourth-order valence-corrected chi connectivity index (χ4v) is 1.96. The molecule has 1 nitrogen and oxygen atoms in total. The van der Waals surface area contributed by atoms with Crippen molar-refractivity contribution in [3.05, 3.63) is 12.7 Å². The Morgan fingerprint density at radius 3 is 2.27 bits per heavy atom. The predicted octanol–water partition coefficient (Wildman–Crippen LogP) is 4.00. The molecule has 0 fully saturated rings. The van der Waals surface area contributed by atoms with Gasteiger partial charge in [0.1, 0.15) is 0 Å². The highest BCUT2D eigenvalue weighted by atomic mass is 14.9. The number of allylic oxidation sites excluding steroid dienone is 1.